The molecule has 1 amide bonds. The third-order valence-electron chi connectivity index (χ3n) is 2.31. The second kappa shape index (κ2) is 6.66. The van der Waals surface area contributed by atoms with Gasteiger partial charge in [-0.2, -0.15) is 0 Å². The maximum atomic E-state index is 11.3. The molecule has 88 valence electrons. The standard InChI is InChI=1S/C12H17BrN2O/c1-3-14-12(16)8-15-9(2)10-6-4-5-7-11(10)13/h4-7,9,15H,3,8H2,1-2H3,(H,14,16). The van der Waals surface area contributed by atoms with Gasteiger partial charge in [0.2, 0.25) is 5.91 Å². The molecule has 0 fully saturated rings. The van der Waals surface area contributed by atoms with Gasteiger partial charge >= 0.3 is 0 Å². The first-order chi connectivity index (χ1) is 7.65. The van der Waals surface area contributed by atoms with Crippen LogP contribution in [0.4, 0.5) is 0 Å². The van der Waals surface area contributed by atoms with Crippen LogP contribution in [0.5, 0.6) is 0 Å². The molecular weight excluding hydrogens is 268 g/mol. The van der Waals surface area contributed by atoms with E-state index in [0.717, 1.165) is 10.0 Å². The molecule has 0 aliphatic carbocycles. The fraction of sp³-hybridized carbons (Fsp3) is 0.417. The number of rotatable bonds is 5. The van der Waals surface area contributed by atoms with Gasteiger partial charge in [0.15, 0.2) is 0 Å². The Labute approximate surface area is 105 Å². The molecule has 3 nitrogen and oxygen atoms in total. The molecule has 0 heterocycles. The lowest BCUT2D eigenvalue weighted by molar-refractivity contribution is -0.120. The molecule has 1 rings (SSSR count). The minimum absolute atomic E-state index is 0.0291. The molecule has 16 heavy (non-hydrogen) atoms. The molecule has 1 aromatic rings. The van der Waals surface area contributed by atoms with Gasteiger partial charge in [-0.15, -0.1) is 0 Å². The maximum absolute atomic E-state index is 11.3. The quantitative estimate of drug-likeness (QED) is 0.871. The lowest BCUT2D eigenvalue weighted by Gasteiger charge is -2.15. The van der Waals surface area contributed by atoms with Crippen molar-refractivity contribution in [3.8, 4) is 0 Å². The molecule has 0 radical (unpaired) electrons. The van der Waals surface area contributed by atoms with Crippen molar-refractivity contribution in [2.24, 2.45) is 0 Å². The van der Waals surface area contributed by atoms with Crippen LogP contribution < -0.4 is 10.6 Å². The predicted molar refractivity (Wildman–Crippen MR) is 69.2 cm³/mol. The summed E-state index contributed by atoms with van der Waals surface area (Å²) in [6.07, 6.45) is 0. The highest BCUT2D eigenvalue weighted by atomic mass is 79.9. The molecule has 0 aliphatic heterocycles. The summed E-state index contributed by atoms with van der Waals surface area (Å²) in [7, 11) is 0. The topological polar surface area (TPSA) is 41.1 Å². The molecule has 1 unspecified atom stereocenters. The molecule has 2 N–H and O–H groups in total. The second-order valence-electron chi connectivity index (χ2n) is 3.58. The fourth-order valence-electron chi connectivity index (χ4n) is 1.44. The number of nitrogens with one attached hydrogen (secondary N) is 2. The lowest BCUT2D eigenvalue weighted by Crippen LogP contribution is -2.34. The summed E-state index contributed by atoms with van der Waals surface area (Å²) < 4.78 is 1.06. The van der Waals surface area contributed by atoms with Crippen LogP contribution in [-0.4, -0.2) is 19.0 Å². The Morgan fingerprint density at radius 2 is 2.12 bits per heavy atom. The van der Waals surface area contributed by atoms with E-state index >= 15 is 0 Å². The summed E-state index contributed by atoms with van der Waals surface area (Å²) in [6, 6.07) is 8.16. The van der Waals surface area contributed by atoms with Gasteiger partial charge in [-0.25, -0.2) is 0 Å². The highest BCUT2D eigenvalue weighted by molar-refractivity contribution is 9.10. The zero-order valence-corrected chi connectivity index (χ0v) is 11.2. The number of halogens is 1. The number of benzene rings is 1. The third kappa shape index (κ3) is 3.94. The van der Waals surface area contributed by atoms with Gasteiger partial charge in [0.05, 0.1) is 6.54 Å². The number of carbonyl (C=O) groups is 1. The number of hydrogen-bond acceptors (Lipinski definition) is 2. The summed E-state index contributed by atoms with van der Waals surface area (Å²) in [6.45, 7) is 4.97. The molecule has 0 bridgehead atoms. The van der Waals surface area contributed by atoms with Crippen molar-refractivity contribution in [2.75, 3.05) is 13.1 Å². The summed E-state index contributed by atoms with van der Waals surface area (Å²) in [5, 5.41) is 5.94. The molecule has 1 aromatic carbocycles. The molecule has 1 atom stereocenters. The van der Waals surface area contributed by atoms with Crippen molar-refractivity contribution >= 4 is 21.8 Å². The van der Waals surface area contributed by atoms with Crippen molar-refractivity contribution in [3.05, 3.63) is 34.3 Å². The monoisotopic (exact) mass is 284 g/mol. The maximum Gasteiger partial charge on any atom is 0.233 e. The van der Waals surface area contributed by atoms with E-state index in [1.807, 2.05) is 38.1 Å². The predicted octanol–water partition coefficient (Wildman–Crippen LogP) is 2.24. The Balaban J connectivity index is 2.50. The first kappa shape index (κ1) is 13.2. The molecular formula is C12H17BrN2O. The van der Waals surface area contributed by atoms with Gasteiger partial charge in [0.25, 0.3) is 0 Å². The average Bonchev–Trinajstić information content (AvgIpc) is 2.27. The minimum Gasteiger partial charge on any atom is -0.355 e. The summed E-state index contributed by atoms with van der Waals surface area (Å²) in [5.41, 5.74) is 1.16. The van der Waals surface area contributed by atoms with E-state index in [0.29, 0.717) is 13.1 Å². The van der Waals surface area contributed by atoms with Crippen molar-refractivity contribution < 1.29 is 4.79 Å². The lowest BCUT2D eigenvalue weighted by atomic mass is 10.1. The molecule has 4 heteroatoms. The van der Waals surface area contributed by atoms with E-state index in [9.17, 15) is 4.79 Å². The van der Waals surface area contributed by atoms with Crippen molar-refractivity contribution in [1.82, 2.24) is 10.6 Å². The first-order valence-corrected chi connectivity index (χ1v) is 6.19. The van der Waals surface area contributed by atoms with Crippen LogP contribution in [0, 0.1) is 0 Å². The SMILES string of the molecule is CCNC(=O)CNC(C)c1ccccc1Br. The van der Waals surface area contributed by atoms with Crippen LogP contribution in [0.25, 0.3) is 0 Å². The van der Waals surface area contributed by atoms with Gasteiger partial charge in [-0.3, -0.25) is 4.79 Å². The van der Waals surface area contributed by atoms with E-state index in [1.165, 1.54) is 0 Å². The average molecular weight is 285 g/mol. The normalized spacial score (nSPS) is 12.2. The smallest absolute Gasteiger partial charge is 0.233 e. The molecule has 0 aromatic heterocycles. The van der Waals surface area contributed by atoms with Crippen LogP contribution in [0.15, 0.2) is 28.7 Å². The van der Waals surface area contributed by atoms with Crippen LogP contribution >= 0.6 is 15.9 Å². The summed E-state index contributed by atoms with van der Waals surface area (Å²) in [4.78, 5) is 11.3. The summed E-state index contributed by atoms with van der Waals surface area (Å²) in [5.74, 6) is 0.0291. The minimum atomic E-state index is 0.0291. The summed E-state index contributed by atoms with van der Waals surface area (Å²) >= 11 is 3.49. The van der Waals surface area contributed by atoms with Crippen LogP contribution in [0.1, 0.15) is 25.5 Å². The zero-order valence-electron chi connectivity index (χ0n) is 9.59. The van der Waals surface area contributed by atoms with E-state index in [4.69, 9.17) is 0 Å². The van der Waals surface area contributed by atoms with Crippen molar-refractivity contribution in [1.29, 1.82) is 0 Å². The molecule has 0 saturated carbocycles. The van der Waals surface area contributed by atoms with Crippen LogP contribution in [-0.2, 0) is 4.79 Å². The van der Waals surface area contributed by atoms with E-state index < -0.39 is 0 Å². The Hall–Kier alpha value is -0.870. The zero-order chi connectivity index (χ0) is 12.0. The van der Waals surface area contributed by atoms with Gasteiger partial charge in [0, 0.05) is 17.1 Å². The van der Waals surface area contributed by atoms with E-state index in [2.05, 4.69) is 26.6 Å². The Morgan fingerprint density at radius 1 is 1.44 bits per heavy atom. The van der Waals surface area contributed by atoms with Crippen LogP contribution in [0.2, 0.25) is 0 Å². The van der Waals surface area contributed by atoms with Crippen LogP contribution in [0.3, 0.4) is 0 Å². The van der Waals surface area contributed by atoms with Crippen molar-refractivity contribution in [2.45, 2.75) is 19.9 Å². The Morgan fingerprint density at radius 3 is 2.75 bits per heavy atom. The van der Waals surface area contributed by atoms with Gasteiger partial charge in [-0.1, -0.05) is 34.1 Å². The first-order valence-electron chi connectivity index (χ1n) is 5.39. The Kier molecular flexibility index (Phi) is 5.49. The van der Waals surface area contributed by atoms with E-state index in [-0.39, 0.29) is 11.9 Å². The number of likely N-dealkylation sites (N-methyl/N-ethyl adjacent to an activating group) is 1. The van der Waals surface area contributed by atoms with Gasteiger partial charge < -0.3 is 10.6 Å². The second-order valence-corrected chi connectivity index (χ2v) is 4.43. The van der Waals surface area contributed by atoms with Gasteiger partial charge in [-0.05, 0) is 25.5 Å². The largest absolute Gasteiger partial charge is 0.355 e. The highest BCUT2D eigenvalue weighted by Gasteiger charge is 2.09. The molecule has 0 aliphatic rings. The molecule has 0 saturated heterocycles. The number of amides is 1. The highest BCUT2D eigenvalue weighted by Crippen LogP contribution is 2.22. The Bertz CT molecular complexity index is 355. The van der Waals surface area contributed by atoms with E-state index in [1.54, 1.807) is 0 Å². The van der Waals surface area contributed by atoms with Gasteiger partial charge in [0.1, 0.15) is 0 Å². The third-order valence-corrected chi connectivity index (χ3v) is 3.04. The molecule has 0 spiro atoms. The number of hydrogen-bond donors (Lipinski definition) is 2. The van der Waals surface area contributed by atoms with Crippen molar-refractivity contribution in [3.63, 3.8) is 0 Å². The number of carbonyl (C=O) groups excluding carboxylic acids is 1. The fourth-order valence-corrected chi connectivity index (χ4v) is 2.07.